The van der Waals surface area contributed by atoms with Gasteiger partial charge in [-0.3, -0.25) is 0 Å². The van der Waals surface area contributed by atoms with Crippen LogP contribution < -0.4 is 0 Å². The Labute approximate surface area is 86.4 Å². The highest BCUT2D eigenvalue weighted by molar-refractivity contribution is 5.07. The minimum Gasteiger partial charge on any atom is -0.387 e. The Morgan fingerprint density at radius 1 is 1.43 bits per heavy atom. The standard InChI is InChI=1S/C12H21NO/c1-9(12(2,3)4)8-11(14)10-6-5-7-13-10/h5-7,9,11,13-14H,8H2,1-4H3. The number of hydrogen-bond donors (Lipinski definition) is 2. The lowest BCUT2D eigenvalue weighted by atomic mass is 9.78. The molecule has 0 saturated heterocycles. The van der Waals surface area contributed by atoms with Gasteiger partial charge in [0.1, 0.15) is 0 Å². The van der Waals surface area contributed by atoms with Gasteiger partial charge in [0.25, 0.3) is 0 Å². The molecule has 0 aliphatic heterocycles. The first-order valence-corrected chi connectivity index (χ1v) is 5.22. The van der Waals surface area contributed by atoms with Crippen LogP contribution in [-0.4, -0.2) is 10.1 Å². The lowest BCUT2D eigenvalue weighted by Gasteiger charge is -2.28. The smallest absolute Gasteiger partial charge is 0.0940 e. The molecule has 1 aromatic rings. The molecule has 0 spiro atoms. The molecule has 0 bridgehead atoms. The molecule has 1 rings (SSSR count). The summed E-state index contributed by atoms with van der Waals surface area (Å²) in [4.78, 5) is 3.04. The fourth-order valence-corrected chi connectivity index (χ4v) is 1.37. The lowest BCUT2D eigenvalue weighted by molar-refractivity contribution is 0.108. The predicted octanol–water partition coefficient (Wildman–Crippen LogP) is 3.12. The summed E-state index contributed by atoms with van der Waals surface area (Å²) in [6, 6.07) is 3.85. The second-order valence-electron chi connectivity index (χ2n) is 5.14. The fourth-order valence-electron chi connectivity index (χ4n) is 1.37. The summed E-state index contributed by atoms with van der Waals surface area (Å²) in [7, 11) is 0. The fraction of sp³-hybridized carbons (Fsp3) is 0.667. The van der Waals surface area contributed by atoms with Gasteiger partial charge in [0.15, 0.2) is 0 Å². The third-order valence-electron chi connectivity index (χ3n) is 3.04. The van der Waals surface area contributed by atoms with Gasteiger partial charge in [-0.25, -0.2) is 0 Å². The normalized spacial score (nSPS) is 16.6. The van der Waals surface area contributed by atoms with Crippen molar-refractivity contribution in [3.05, 3.63) is 24.0 Å². The van der Waals surface area contributed by atoms with E-state index in [9.17, 15) is 5.11 Å². The van der Waals surface area contributed by atoms with Crippen LogP contribution in [0.5, 0.6) is 0 Å². The van der Waals surface area contributed by atoms with Crippen LogP contribution >= 0.6 is 0 Å². The van der Waals surface area contributed by atoms with E-state index in [-0.39, 0.29) is 11.5 Å². The third-order valence-corrected chi connectivity index (χ3v) is 3.04. The van der Waals surface area contributed by atoms with Gasteiger partial charge < -0.3 is 10.1 Å². The summed E-state index contributed by atoms with van der Waals surface area (Å²) in [5.74, 6) is 0.501. The van der Waals surface area contributed by atoms with Crippen LogP contribution in [0.4, 0.5) is 0 Å². The largest absolute Gasteiger partial charge is 0.387 e. The van der Waals surface area contributed by atoms with Crippen LogP contribution in [0, 0.1) is 11.3 Å². The molecule has 1 heterocycles. The quantitative estimate of drug-likeness (QED) is 0.763. The van der Waals surface area contributed by atoms with Gasteiger partial charge in [-0.15, -0.1) is 0 Å². The Bertz CT molecular complexity index is 258. The Morgan fingerprint density at radius 2 is 2.07 bits per heavy atom. The monoisotopic (exact) mass is 195 g/mol. The molecule has 2 N–H and O–H groups in total. The minimum atomic E-state index is -0.362. The Hall–Kier alpha value is -0.760. The van der Waals surface area contributed by atoms with E-state index in [0.717, 1.165) is 12.1 Å². The van der Waals surface area contributed by atoms with E-state index >= 15 is 0 Å². The zero-order chi connectivity index (χ0) is 10.8. The summed E-state index contributed by atoms with van der Waals surface area (Å²) >= 11 is 0. The number of nitrogens with one attached hydrogen (secondary N) is 1. The van der Waals surface area contributed by atoms with Gasteiger partial charge in [-0.1, -0.05) is 27.7 Å². The average molecular weight is 195 g/mol. The van der Waals surface area contributed by atoms with Crippen molar-refractivity contribution < 1.29 is 5.11 Å². The molecule has 0 amide bonds. The molecular weight excluding hydrogens is 174 g/mol. The van der Waals surface area contributed by atoms with Crippen molar-refractivity contribution in [1.82, 2.24) is 4.98 Å². The highest BCUT2D eigenvalue weighted by Gasteiger charge is 2.23. The van der Waals surface area contributed by atoms with E-state index in [4.69, 9.17) is 0 Å². The Morgan fingerprint density at radius 3 is 2.50 bits per heavy atom. The predicted molar refractivity (Wildman–Crippen MR) is 59.0 cm³/mol. The molecule has 2 nitrogen and oxygen atoms in total. The molecule has 0 saturated carbocycles. The molecule has 0 fully saturated rings. The number of aliphatic hydroxyl groups excluding tert-OH is 1. The van der Waals surface area contributed by atoms with Crippen molar-refractivity contribution in [2.45, 2.75) is 40.2 Å². The number of rotatable bonds is 3. The first-order valence-electron chi connectivity index (χ1n) is 5.22. The van der Waals surface area contributed by atoms with Crippen LogP contribution in [0.1, 0.15) is 45.9 Å². The van der Waals surface area contributed by atoms with E-state index in [0.29, 0.717) is 5.92 Å². The van der Waals surface area contributed by atoms with Crippen molar-refractivity contribution in [3.8, 4) is 0 Å². The molecule has 2 heteroatoms. The molecule has 0 radical (unpaired) electrons. The van der Waals surface area contributed by atoms with Gasteiger partial charge in [0.05, 0.1) is 6.10 Å². The molecule has 0 aromatic carbocycles. The van der Waals surface area contributed by atoms with Gasteiger partial charge in [0.2, 0.25) is 0 Å². The second kappa shape index (κ2) is 4.18. The zero-order valence-electron chi connectivity index (χ0n) is 9.54. The summed E-state index contributed by atoms with van der Waals surface area (Å²) in [5, 5.41) is 9.91. The van der Waals surface area contributed by atoms with Gasteiger partial charge in [-0.2, -0.15) is 0 Å². The highest BCUT2D eigenvalue weighted by Crippen LogP contribution is 2.32. The SMILES string of the molecule is CC(CC(O)c1ccc[nH]1)C(C)(C)C. The van der Waals surface area contributed by atoms with E-state index in [1.165, 1.54) is 0 Å². The molecule has 0 aliphatic rings. The number of aliphatic hydroxyl groups is 1. The highest BCUT2D eigenvalue weighted by atomic mass is 16.3. The van der Waals surface area contributed by atoms with Crippen molar-refractivity contribution in [1.29, 1.82) is 0 Å². The average Bonchev–Trinajstić information content (AvgIpc) is 2.53. The number of H-pyrrole nitrogens is 1. The summed E-state index contributed by atoms with van der Waals surface area (Å²) in [5.41, 5.74) is 1.18. The van der Waals surface area contributed by atoms with E-state index in [2.05, 4.69) is 32.7 Å². The summed E-state index contributed by atoms with van der Waals surface area (Å²) in [6.07, 6.45) is 2.30. The molecular formula is C12H21NO. The van der Waals surface area contributed by atoms with Crippen molar-refractivity contribution in [2.75, 3.05) is 0 Å². The Balaban J connectivity index is 2.53. The van der Waals surface area contributed by atoms with Crippen LogP contribution in [0.25, 0.3) is 0 Å². The van der Waals surface area contributed by atoms with Gasteiger partial charge in [0, 0.05) is 11.9 Å². The Kier molecular flexibility index (Phi) is 3.38. The number of aromatic amines is 1. The summed E-state index contributed by atoms with van der Waals surface area (Å²) < 4.78 is 0. The van der Waals surface area contributed by atoms with E-state index in [1.807, 2.05) is 18.3 Å². The van der Waals surface area contributed by atoms with Crippen LogP contribution in [0.2, 0.25) is 0 Å². The first kappa shape index (κ1) is 11.3. The maximum absolute atomic E-state index is 9.91. The van der Waals surface area contributed by atoms with Gasteiger partial charge in [-0.05, 0) is 29.9 Å². The van der Waals surface area contributed by atoms with Crippen LogP contribution in [0.3, 0.4) is 0 Å². The first-order chi connectivity index (χ1) is 6.41. The molecule has 2 unspecified atom stereocenters. The topological polar surface area (TPSA) is 36.0 Å². The molecule has 80 valence electrons. The van der Waals surface area contributed by atoms with Crippen molar-refractivity contribution >= 4 is 0 Å². The van der Waals surface area contributed by atoms with E-state index in [1.54, 1.807) is 0 Å². The summed E-state index contributed by atoms with van der Waals surface area (Å²) in [6.45, 7) is 8.81. The lowest BCUT2D eigenvalue weighted by Crippen LogP contribution is -2.19. The van der Waals surface area contributed by atoms with Crippen LogP contribution in [0.15, 0.2) is 18.3 Å². The van der Waals surface area contributed by atoms with E-state index < -0.39 is 0 Å². The second-order valence-corrected chi connectivity index (χ2v) is 5.14. The third kappa shape index (κ3) is 2.88. The molecule has 2 atom stereocenters. The van der Waals surface area contributed by atoms with Crippen molar-refractivity contribution in [2.24, 2.45) is 11.3 Å². The number of hydrogen-bond acceptors (Lipinski definition) is 1. The zero-order valence-corrected chi connectivity index (χ0v) is 9.54. The minimum absolute atomic E-state index is 0.258. The molecule has 1 aromatic heterocycles. The van der Waals surface area contributed by atoms with Crippen LogP contribution in [-0.2, 0) is 0 Å². The van der Waals surface area contributed by atoms with Gasteiger partial charge >= 0.3 is 0 Å². The molecule has 0 aliphatic carbocycles. The number of aromatic nitrogens is 1. The van der Waals surface area contributed by atoms with Crippen molar-refractivity contribution in [3.63, 3.8) is 0 Å². The maximum Gasteiger partial charge on any atom is 0.0940 e. The molecule has 14 heavy (non-hydrogen) atoms. The maximum atomic E-state index is 9.91.